The zero-order valence-electron chi connectivity index (χ0n) is 20.6. The number of hydrogen-bond donors (Lipinski definition) is 2. The molecule has 36 heavy (non-hydrogen) atoms. The number of carbonyl (C=O) groups is 2. The minimum Gasteiger partial charge on any atom is -0.465 e. The molecule has 4 aliphatic rings. The lowest BCUT2D eigenvalue weighted by Crippen LogP contribution is -2.48. The van der Waals surface area contributed by atoms with Crippen molar-refractivity contribution >= 4 is 23.6 Å². The van der Waals surface area contributed by atoms with E-state index < -0.39 is 5.91 Å². The van der Waals surface area contributed by atoms with E-state index in [0.717, 1.165) is 23.3 Å². The Hall–Kier alpha value is -3.60. The number of carbonyl (C=O) groups excluding carboxylic acids is 2. The number of anilines is 1. The summed E-state index contributed by atoms with van der Waals surface area (Å²) in [7, 11) is 0. The average Bonchev–Trinajstić information content (AvgIpc) is 3.36. The second-order valence-corrected chi connectivity index (χ2v) is 11.1. The fourth-order valence-electron chi connectivity index (χ4n) is 7.26. The van der Waals surface area contributed by atoms with Crippen molar-refractivity contribution in [3.8, 4) is 0 Å². The molecule has 2 amide bonds. The summed E-state index contributed by atoms with van der Waals surface area (Å²) in [6.07, 6.45) is 11.3. The topological polar surface area (TPSA) is 71.3 Å². The molecule has 0 unspecified atom stereocenters. The minimum atomic E-state index is -0.393. The lowest BCUT2D eigenvalue weighted by atomic mass is 9.48. The average molecular weight is 481 g/mol. The molecule has 4 aliphatic carbocycles. The molecule has 3 aromatic rings. The fraction of sp³-hybridized carbons (Fsp3) is 0.355. The Balaban J connectivity index is 1.20. The molecule has 2 N–H and O–H groups in total. The predicted octanol–water partition coefficient (Wildman–Crippen LogP) is 6.47. The van der Waals surface area contributed by atoms with Crippen molar-refractivity contribution in [1.29, 1.82) is 0 Å². The molecule has 0 aliphatic heterocycles. The lowest BCUT2D eigenvalue weighted by molar-refractivity contribution is -0.113. The Morgan fingerprint density at radius 1 is 0.889 bits per heavy atom. The van der Waals surface area contributed by atoms with Gasteiger partial charge in [-0.3, -0.25) is 9.59 Å². The van der Waals surface area contributed by atoms with E-state index in [1.54, 1.807) is 24.3 Å². The summed E-state index contributed by atoms with van der Waals surface area (Å²) in [6, 6.07) is 19.2. The largest absolute Gasteiger partial charge is 0.465 e. The zero-order valence-corrected chi connectivity index (χ0v) is 20.6. The Morgan fingerprint density at radius 3 is 2.17 bits per heavy atom. The quantitative estimate of drug-likeness (QED) is 0.398. The van der Waals surface area contributed by atoms with Crippen LogP contribution < -0.4 is 10.6 Å². The number of rotatable bonds is 6. The molecule has 4 fully saturated rings. The number of aryl methyl sites for hydroxylation is 1. The normalized spacial score (nSPS) is 26.6. The van der Waals surface area contributed by atoms with Crippen LogP contribution in [-0.2, 0) is 10.2 Å². The Morgan fingerprint density at radius 2 is 1.56 bits per heavy atom. The van der Waals surface area contributed by atoms with Crippen molar-refractivity contribution in [2.75, 3.05) is 5.32 Å². The van der Waals surface area contributed by atoms with E-state index in [0.29, 0.717) is 22.4 Å². The maximum absolute atomic E-state index is 13.3. The summed E-state index contributed by atoms with van der Waals surface area (Å²) in [6.45, 7) is 1.87. The first-order chi connectivity index (χ1) is 17.5. The molecule has 0 saturated heterocycles. The van der Waals surface area contributed by atoms with Gasteiger partial charge in [0.2, 0.25) is 0 Å². The Kier molecular flexibility index (Phi) is 5.79. The molecule has 2 aromatic carbocycles. The van der Waals surface area contributed by atoms with Crippen molar-refractivity contribution in [3.05, 3.63) is 95.1 Å². The molecule has 5 heteroatoms. The van der Waals surface area contributed by atoms with Gasteiger partial charge in [-0.1, -0.05) is 30.3 Å². The van der Waals surface area contributed by atoms with Crippen LogP contribution in [-0.4, -0.2) is 11.8 Å². The summed E-state index contributed by atoms with van der Waals surface area (Å²) < 4.78 is 5.40. The molecule has 4 saturated carbocycles. The van der Waals surface area contributed by atoms with Crippen LogP contribution in [0.5, 0.6) is 0 Å². The summed E-state index contributed by atoms with van der Waals surface area (Å²) in [5.41, 5.74) is 3.94. The highest BCUT2D eigenvalue weighted by Gasteiger charge is 2.51. The molecule has 0 radical (unpaired) electrons. The molecule has 1 heterocycles. The van der Waals surface area contributed by atoms with Crippen LogP contribution in [0.2, 0.25) is 0 Å². The van der Waals surface area contributed by atoms with Crippen LogP contribution in [0.25, 0.3) is 6.08 Å². The fourth-order valence-corrected chi connectivity index (χ4v) is 7.26. The first-order valence-corrected chi connectivity index (χ1v) is 13.0. The van der Waals surface area contributed by atoms with E-state index in [4.69, 9.17) is 4.42 Å². The predicted molar refractivity (Wildman–Crippen MR) is 140 cm³/mol. The van der Waals surface area contributed by atoms with Gasteiger partial charge in [0.25, 0.3) is 11.8 Å². The maximum Gasteiger partial charge on any atom is 0.272 e. The third-order valence-corrected chi connectivity index (χ3v) is 8.51. The molecule has 0 spiro atoms. The van der Waals surface area contributed by atoms with E-state index in [1.165, 1.54) is 50.4 Å². The summed E-state index contributed by atoms with van der Waals surface area (Å²) in [5, 5.41) is 5.75. The van der Waals surface area contributed by atoms with Gasteiger partial charge in [-0.25, -0.2) is 0 Å². The molecule has 184 valence electrons. The Bertz CT molecular complexity index is 1270. The van der Waals surface area contributed by atoms with Gasteiger partial charge in [-0.05, 0) is 110 Å². The Labute approximate surface area is 212 Å². The van der Waals surface area contributed by atoms with Crippen LogP contribution in [0, 0.1) is 24.7 Å². The SMILES string of the molecule is Cc1ccccc1C(=O)N/C(=C\c1ccco1)C(=O)Nc1ccc(C23CC4CC(CC(C4)C2)C3)cc1. The minimum absolute atomic E-state index is 0.128. The molecule has 4 bridgehead atoms. The first-order valence-electron chi connectivity index (χ1n) is 13.0. The molecule has 7 rings (SSSR count). The van der Waals surface area contributed by atoms with Crippen LogP contribution in [0.4, 0.5) is 5.69 Å². The van der Waals surface area contributed by atoms with Crippen molar-refractivity contribution in [2.45, 2.75) is 50.9 Å². The van der Waals surface area contributed by atoms with E-state index in [1.807, 2.05) is 37.3 Å². The summed E-state index contributed by atoms with van der Waals surface area (Å²) in [4.78, 5) is 26.2. The highest BCUT2D eigenvalue weighted by molar-refractivity contribution is 6.10. The van der Waals surface area contributed by atoms with Crippen LogP contribution in [0.3, 0.4) is 0 Å². The number of furan rings is 1. The van der Waals surface area contributed by atoms with Gasteiger partial charge in [0.15, 0.2) is 0 Å². The number of benzene rings is 2. The van der Waals surface area contributed by atoms with Gasteiger partial charge >= 0.3 is 0 Å². The van der Waals surface area contributed by atoms with Gasteiger partial charge in [0.05, 0.1) is 6.26 Å². The molecule has 0 atom stereocenters. The van der Waals surface area contributed by atoms with Gasteiger partial charge in [-0.15, -0.1) is 0 Å². The van der Waals surface area contributed by atoms with Crippen molar-refractivity contribution in [1.82, 2.24) is 5.32 Å². The van der Waals surface area contributed by atoms with Gasteiger partial charge in [0.1, 0.15) is 11.5 Å². The lowest BCUT2D eigenvalue weighted by Gasteiger charge is -2.57. The summed E-state index contributed by atoms with van der Waals surface area (Å²) >= 11 is 0. The van der Waals surface area contributed by atoms with Crippen LogP contribution >= 0.6 is 0 Å². The second kappa shape index (κ2) is 9.12. The van der Waals surface area contributed by atoms with Gasteiger partial charge < -0.3 is 15.1 Å². The maximum atomic E-state index is 13.3. The summed E-state index contributed by atoms with van der Waals surface area (Å²) in [5.74, 6) is 2.43. The van der Waals surface area contributed by atoms with Crippen molar-refractivity contribution < 1.29 is 14.0 Å². The van der Waals surface area contributed by atoms with E-state index in [-0.39, 0.29) is 11.6 Å². The third kappa shape index (κ3) is 4.39. The number of nitrogens with one attached hydrogen (secondary N) is 2. The smallest absolute Gasteiger partial charge is 0.272 e. The molecule has 5 nitrogen and oxygen atoms in total. The molecule has 1 aromatic heterocycles. The van der Waals surface area contributed by atoms with E-state index in [2.05, 4.69) is 22.8 Å². The number of amides is 2. The van der Waals surface area contributed by atoms with Crippen LogP contribution in [0.15, 0.2) is 77.0 Å². The second-order valence-electron chi connectivity index (χ2n) is 11.1. The zero-order chi connectivity index (χ0) is 24.7. The van der Waals surface area contributed by atoms with E-state index >= 15 is 0 Å². The highest BCUT2D eigenvalue weighted by atomic mass is 16.3. The first kappa shape index (κ1) is 22.8. The highest BCUT2D eigenvalue weighted by Crippen LogP contribution is 2.60. The van der Waals surface area contributed by atoms with Crippen LogP contribution in [0.1, 0.15) is 65.8 Å². The molecular weight excluding hydrogens is 448 g/mol. The standard InChI is InChI=1S/C31H32N2O3/c1-20-5-2-3-7-27(20)29(34)33-28(16-26-6-4-12-36-26)30(35)32-25-10-8-24(9-11-25)31-17-21-13-22(18-31)15-23(14-21)19-31/h2-12,16,21-23H,13-15,17-19H2,1H3,(H,32,35)(H,33,34)/b28-16-. The van der Waals surface area contributed by atoms with Gasteiger partial charge in [-0.2, -0.15) is 0 Å². The van der Waals surface area contributed by atoms with Crippen molar-refractivity contribution in [2.24, 2.45) is 17.8 Å². The third-order valence-electron chi connectivity index (χ3n) is 8.51. The van der Waals surface area contributed by atoms with E-state index in [9.17, 15) is 9.59 Å². The van der Waals surface area contributed by atoms with Gasteiger partial charge in [0, 0.05) is 17.3 Å². The van der Waals surface area contributed by atoms with Crippen molar-refractivity contribution in [3.63, 3.8) is 0 Å². The molecular formula is C31H32N2O3. The number of hydrogen-bond acceptors (Lipinski definition) is 3. The monoisotopic (exact) mass is 480 g/mol.